The zero-order chi connectivity index (χ0) is 22.1. The number of pyridine rings is 1. The molecule has 1 saturated heterocycles. The van der Waals surface area contributed by atoms with Crippen molar-refractivity contribution in [3.63, 3.8) is 0 Å². The quantitative estimate of drug-likeness (QED) is 0.482. The predicted octanol–water partition coefficient (Wildman–Crippen LogP) is 2.80. The van der Waals surface area contributed by atoms with Crippen LogP contribution < -0.4 is 20.7 Å². The molecule has 0 spiro atoms. The molecule has 1 aromatic carbocycles. The van der Waals surface area contributed by atoms with Gasteiger partial charge in [-0.15, -0.1) is 13.2 Å². The van der Waals surface area contributed by atoms with Gasteiger partial charge in [0.15, 0.2) is 0 Å². The maximum absolute atomic E-state index is 14.6. The van der Waals surface area contributed by atoms with Crippen molar-refractivity contribution in [1.82, 2.24) is 20.9 Å². The summed E-state index contributed by atoms with van der Waals surface area (Å²) in [5, 5.41) is 6.32. The molecule has 3 N–H and O–H groups in total. The first kappa shape index (κ1) is 21.6. The Bertz CT molecular complexity index is 971. The summed E-state index contributed by atoms with van der Waals surface area (Å²) in [5.74, 6) is -3.72. The van der Waals surface area contributed by atoms with Gasteiger partial charge in [0.05, 0.1) is 6.04 Å². The number of hydrogen-bond acceptors (Lipinski definition) is 4. The number of rotatable bonds is 5. The Morgan fingerprint density at radius 2 is 2.00 bits per heavy atom. The second-order valence-corrected chi connectivity index (χ2v) is 6.47. The van der Waals surface area contributed by atoms with E-state index < -0.39 is 52.9 Å². The average Bonchev–Trinajstić information content (AvgIpc) is 3.11. The highest BCUT2D eigenvalue weighted by atomic mass is 35.5. The fourth-order valence-electron chi connectivity index (χ4n) is 2.70. The van der Waals surface area contributed by atoms with E-state index >= 15 is 0 Å². The predicted molar refractivity (Wildman–Crippen MR) is 92.6 cm³/mol. The molecule has 2 heterocycles. The molecule has 1 aromatic heterocycles. The molecular weight excluding hydrogens is 439 g/mol. The number of carbonyl (C=O) groups is 2. The van der Waals surface area contributed by atoms with Gasteiger partial charge in [0.25, 0.3) is 0 Å². The Balaban J connectivity index is 1.94. The van der Waals surface area contributed by atoms with Crippen molar-refractivity contribution >= 4 is 23.5 Å². The molecule has 13 heteroatoms. The molecule has 7 nitrogen and oxygen atoms in total. The molecule has 160 valence electrons. The Morgan fingerprint density at radius 3 is 2.57 bits per heavy atom. The fourth-order valence-corrected chi connectivity index (χ4v) is 2.87. The molecule has 1 fully saturated rings. The zero-order valence-corrected chi connectivity index (χ0v) is 15.4. The smallest absolute Gasteiger partial charge is 0.388 e. The summed E-state index contributed by atoms with van der Waals surface area (Å²) in [6.45, 7) is -0.0410. The van der Waals surface area contributed by atoms with Crippen LogP contribution in [-0.4, -0.2) is 35.9 Å². The van der Waals surface area contributed by atoms with Crippen molar-refractivity contribution in [3.8, 4) is 5.88 Å². The van der Waals surface area contributed by atoms with E-state index in [1.807, 2.05) is 0 Å². The topological polar surface area (TPSA) is 92.4 Å². The highest BCUT2D eigenvalue weighted by molar-refractivity contribution is 6.31. The Hall–Kier alpha value is -3.15. The Labute approximate surface area is 170 Å². The van der Waals surface area contributed by atoms with Crippen LogP contribution in [0, 0.1) is 11.6 Å². The van der Waals surface area contributed by atoms with Crippen molar-refractivity contribution in [2.24, 2.45) is 0 Å². The highest BCUT2D eigenvalue weighted by Crippen LogP contribution is 2.31. The summed E-state index contributed by atoms with van der Waals surface area (Å²) in [6.07, 6.45) is -4.04. The van der Waals surface area contributed by atoms with Gasteiger partial charge in [0.2, 0.25) is 11.8 Å². The van der Waals surface area contributed by atoms with Gasteiger partial charge < -0.3 is 20.7 Å². The largest absolute Gasteiger partial charge is 0.574 e. The lowest BCUT2D eigenvalue weighted by Gasteiger charge is -2.22. The molecule has 1 aliphatic heterocycles. The Kier molecular flexibility index (Phi) is 5.97. The number of carbonyl (C=O) groups excluding carboxylic acids is 2. The van der Waals surface area contributed by atoms with E-state index in [4.69, 9.17) is 11.6 Å². The van der Waals surface area contributed by atoms with Crippen LogP contribution in [-0.2, 0) is 4.79 Å². The van der Waals surface area contributed by atoms with Crippen LogP contribution in [0.25, 0.3) is 0 Å². The number of benzene rings is 1. The molecule has 1 aliphatic rings. The highest BCUT2D eigenvalue weighted by Gasteiger charge is 2.33. The molecule has 0 bridgehead atoms. The van der Waals surface area contributed by atoms with E-state index in [2.05, 4.69) is 25.7 Å². The molecule has 30 heavy (non-hydrogen) atoms. The lowest BCUT2D eigenvalue weighted by Crippen LogP contribution is -2.44. The summed E-state index contributed by atoms with van der Waals surface area (Å²) in [4.78, 5) is 27.2. The van der Waals surface area contributed by atoms with Gasteiger partial charge in [0.1, 0.15) is 22.7 Å². The van der Waals surface area contributed by atoms with Gasteiger partial charge in [0, 0.05) is 24.4 Å². The standard InChI is InChI=1S/C17H12ClF5N4O3/c18-12-9(19)3-2-8(13(12)20)14(27-15(28)10-6-25-16(29)26-10)7-1-4-11(24-5-7)30-17(21,22)23/h1-5,10,14H,6H2,(H,27,28)(H2,25,26,29)/t10-,14-/m0/s1. The first-order valence-corrected chi connectivity index (χ1v) is 8.63. The summed E-state index contributed by atoms with van der Waals surface area (Å²) >= 11 is 5.60. The van der Waals surface area contributed by atoms with Gasteiger partial charge in [-0.05, 0) is 17.7 Å². The van der Waals surface area contributed by atoms with E-state index in [0.717, 1.165) is 30.5 Å². The van der Waals surface area contributed by atoms with Crippen molar-refractivity contribution in [2.45, 2.75) is 18.4 Å². The van der Waals surface area contributed by atoms with Crippen molar-refractivity contribution < 1.29 is 36.3 Å². The molecule has 2 aromatic rings. The summed E-state index contributed by atoms with van der Waals surface area (Å²) in [7, 11) is 0. The molecule has 0 radical (unpaired) electrons. The first-order valence-electron chi connectivity index (χ1n) is 8.25. The zero-order valence-electron chi connectivity index (χ0n) is 14.7. The third-order valence-corrected chi connectivity index (χ3v) is 4.41. The number of nitrogens with zero attached hydrogens (tertiary/aromatic N) is 1. The fraction of sp³-hybridized carbons (Fsp3) is 0.235. The maximum Gasteiger partial charge on any atom is 0.574 e. The van der Waals surface area contributed by atoms with Gasteiger partial charge in [-0.1, -0.05) is 17.7 Å². The van der Waals surface area contributed by atoms with Gasteiger partial charge in [-0.3, -0.25) is 4.79 Å². The summed E-state index contributed by atoms with van der Waals surface area (Å²) < 4.78 is 68.8. The number of halogens is 6. The molecule has 2 atom stereocenters. The summed E-state index contributed by atoms with van der Waals surface area (Å²) in [5.41, 5.74) is -0.213. The molecule has 0 aliphatic carbocycles. The van der Waals surface area contributed by atoms with Crippen LogP contribution in [0.2, 0.25) is 5.02 Å². The molecular formula is C17H12ClF5N4O3. The molecule has 3 amide bonds. The number of urea groups is 1. The second kappa shape index (κ2) is 8.30. The molecule has 3 rings (SSSR count). The Morgan fingerprint density at radius 1 is 1.27 bits per heavy atom. The van der Waals surface area contributed by atoms with Crippen LogP contribution in [0.5, 0.6) is 5.88 Å². The van der Waals surface area contributed by atoms with Crippen molar-refractivity contribution in [2.75, 3.05) is 6.54 Å². The monoisotopic (exact) mass is 450 g/mol. The van der Waals surface area contributed by atoms with E-state index in [0.29, 0.717) is 0 Å². The summed E-state index contributed by atoms with van der Waals surface area (Å²) in [6, 6.07) is 0.990. The second-order valence-electron chi connectivity index (χ2n) is 6.09. The number of ether oxygens (including phenoxy) is 1. The van der Waals surface area contributed by atoms with Crippen LogP contribution >= 0.6 is 11.6 Å². The third-order valence-electron chi connectivity index (χ3n) is 4.06. The lowest BCUT2D eigenvalue weighted by atomic mass is 9.99. The number of nitrogens with one attached hydrogen (secondary N) is 3. The number of amides is 3. The normalized spacial score (nSPS) is 17.1. The van der Waals surface area contributed by atoms with E-state index in [-0.39, 0.29) is 17.7 Å². The van der Waals surface area contributed by atoms with E-state index in [1.54, 1.807) is 0 Å². The van der Waals surface area contributed by atoms with Crippen molar-refractivity contribution in [3.05, 3.63) is 58.2 Å². The lowest BCUT2D eigenvalue weighted by molar-refractivity contribution is -0.276. The molecule has 0 unspecified atom stereocenters. The van der Waals surface area contributed by atoms with Crippen LogP contribution in [0.3, 0.4) is 0 Å². The maximum atomic E-state index is 14.6. The minimum atomic E-state index is -4.97. The SMILES string of the molecule is O=C1NC[C@@H](C(=O)N[C@@H](c2ccc(OC(F)(F)F)nc2)c2ccc(F)c(Cl)c2F)N1. The van der Waals surface area contributed by atoms with Gasteiger partial charge in [-0.2, -0.15) is 0 Å². The van der Waals surface area contributed by atoms with Crippen molar-refractivity contribution in [1.29, 1.82) is 0 Å². The van der Waals surface area contributed by atoms with E-state index in [1.165, 1.54) is 0 Å². The van der Waals surface area contributed by atoms with Crippen LogP contribution in [0.4, 0.5) is 26.7 Å². The minimum absolute atomic E-state index is 0.0410. The van der Waals surface area contributed by atoms with Gasteiger partial charge in [-0.25, -0.2) is 18.6 Å². The minimum Gasteiger partial charge on any atom is -0.388 e. The molecule has 0 saturated carbocycles. The first-order chi connectivity index (χ1) is 14.0. The van der Waals surface area contributed by atoms with Crippen LogP contribution in [0.15, 0.2) is 30.5 Å². The third kappa shape index (κ3) is 4.87. The number of aromatic nitrogens is 1. The number of hydrogen-bond donors (Lipinski definition) is 3. The van der Waals surface area contributed by atoms with Crippen LogP contribution in [0.1, 0.15) is 17.2 Å². The van der Waals surface area contributed by atoms with Gasteiger partial charge >= 0.3 is 12.4 Å². The average molecular weight is 451 g/mol. The number of alkyl halides is 3. The van der Waals surface area contributed by atoms with E-state index in [9.17, 15) is 31.5 Å².